The van der Waals surface area contributed by atoms with E-state index in [4.69, 9.17) is 32.7 Å². The molecule has 4 rings (SSSR count). The van der Waals surface area contributed by atoms with E-state index in [2.05, 4.69) is 24.0 Å². The van der Waals surface area contributed by atoms with Gasteiger partial charge in [0.2, 0.25) is 0 Å². The molecule has 0 radical (unpaired) electrons. The van der Waals surface area contributed by atoms with Crippen molar-refractivity contribution in [3.8, 4) is 17.2 Å². The lowest BCUT2D eigenvalue weighted by Gasteiger charge is -2.26. The Hall–Kier alpha value is -2.40. The van der Waals surface area contributed by atoms with Gasteiger partial charge in [0.1, 0.15) is 28.2 Å². The molecule has 180 valence electrons. The van der Waals surface area contributed by atoms with Gasteiger partial charge in [-0.1, -0.05) is 66.5 Å². The summed E-state index contributed by atoms with van der Waals surface area (Å²) in [6.45, 7) is 3.56. The van der Waals surface area contributed by atoms with Crippen LogP contribution >= 0.6 is 23.2 Å². The van der Waals surface area contributed by atoms with Crippen LogP contribution in [0.15, 0.2) is 72.8 Å². The van der Waals surface area contributed by atoms with Gasteiger partial charge in [-0.25, -0.2) is 0 Å². The van der Waals surface area contributed by atoms with Gasteiger partial charge in [0.15, 0.2) is 0 Å². The number of nitrogens with zero attached hydrogens (tertiary/aromatic N) is 1. The second-order valence-electron chi connectivity index (χ2n) is 9.03. The summed E-state index contributed by atoms with van der Waals surface area (Å²) in [5.74, 6) is 1.78. The minimum Gasteiger partial charge on any atom is -0.508 e. The number of hydrogen-bond donors (Lipinski definition) is 1. The van der Waals surface area contributed by atoms with Crippen LogP contribution in [0.4, 0.5) is 0 Å². The number of phenolic OH excluding ortho intramolecular Hbond substituents is 1. The molecule has 1 aliphatic carbocycles. The van der Waals surface area contributed by atoms with Crippen molar-refractivity contribution in [1.82, 2.24) is 4.90 Å². The molecule has 0 bridgehead atoms. The van der Waals surface area contributed by atoms with E-state index in [0.717, 1.165) is 34.7 Å². The van der Waals surface area contributed by atoms with Gasteiger partial charge >= 0.3 is 0 Å². The average molecular weight is 500 g/mol. The van der Waals surface area contributed by atoms with Crippen LogP contribution < -0.4 is 9.47 Å². The summed E-state index contributed by atoms with van der Waals surface area (Å²) in [4.78, 5) is 2.08. The lowest BCUT2D eigenvalue weighted by molar-refractivity contribution is 0.261. The van der Waals surface area contributed by atoms with Gasteiger partial charge < -0.3 is 19.5 Å². The molecule has 1 fully saturated rings. The van der Waals surface area contributed by atoms with Gasteiger partial charge in [0.25, 0.3) is 0 Å². The summed E-state index contributed by atoms with van der Waals surface area (Å²) in [5, 5.41) is 9.96. The van der Waals surface area contributed by atoms with Crippen molar-refractivity contribution in [3.63, 3.8) is 0 Å². The highest BCUT2D eigenvalue weighted by Crippen LogP contribution is 2.82. The molecule has 1 saturated carbocycles. The van der Waals surface area contributed by atoms with Crippen LogP contribution in [0.1, 0.15) is 30.0 Å². The number of halogens is 2. The normalized spacial score (nSPS) is 23.0. The van der Waals surface area contributed by atoms with E-state index in [1.165, 1.54) is 0 Å². The van der Waals surface area contributed by atoms with Crippen molar-refractivity contribution in [2.75, 3.05) is 34.4 Å². The average Bonchev–Trinajstić information content (AvgIpc) is 3.30. The summed E-state index contributed by atoms with van der Waals surface area (Å²) in [5.41, 5.74) is 1.69. The molecule has 6 heteroatoms. The number of hydrogen-bond acceptors (Lipinski definition) is 4. The fraction of sp³-hybridized carbons (Fsp3) is 0.357. The number of aromatic hydroxyl groups is 1. The molecule has 0 aromatic heterocycles. The van der Waals surface area contributed by atoms with Crippen LogP contribution in [-0.4, -0.2) is 48.7 Å². The molecule has 3 aromatic rings. The topological polar surface area (TPSA) is 41.9 Å². The molecule has 0 heterocycles. The fourth-order valence-electron chi connectivity index (χ4n) is 5.39. The Morgan fingerprint density at radius 1 is 0.794 bits per heavy atom. The van der Waals surface area contributed by atoms with Crippen LogP contribution in [0.2, 0.25) is 0 Å². The summed E-state index contributed by atoms with van der Waals surface area (Å²) >= 11 is 14.6. The maximum atomic E-state index is 9.96. The van der Waals surface area contributed by atoms with Crippen molar-refractivity contribution in [2.45, 2.75) is 28.5 Å². The van der Waals surface area contributed by atoms with Gasteiger partial charge in [-0.05, 0) is 73.6 Å². The number of ether oxygens (including phenoxy) is 2. The second kappa shape index (κ2) is 9.33. The Kier molecular flexibility index (Phi) is 6.78. The monoisotopic (exact) mass is 499 g/mol. The minimum absolute atomic E-state index is 0.200. The molecule has 4 nitrogen and oxygen atoms in total. The molecule has 1 aliphatic rings. The molecule has 1 N–H and O–H groups in total. The molecule has 0 saturated heterocycles. The van der Waals surface area contributed by atoms with Crippen LogP contribution in [0.5, 0.6) is 17.2 Å². The van der Waals surface area contributed by atoms with Crippen molar-refractivity contribution < 1.29 is 14.6 Å². The van der Waals surface area contributed by atoms with Crippen LogP contribution in [-0.2, 0) is 10.8 Å². The predicted molar refractivity (Wildman–Crippen MR) is 139 cm³/mol. The molecule has 34 heavy (non-hydrogen) atoms. The van der Waals surface area contributed by atoms with Crippen molar-refractivity contribution in [1.29, 1.82) is 0 Å². The Labute approximate surface area is 212 Å². The van der Waals surface area contributed by atoms with Crippen LogP contribution in [0.25, 0.3) is 0 Å². The summed E-state index contributed by atoms with van der Waals surface area (Å²) in [6, 6.07) is 23.2. The molecular weight excluding hydrogens is 469 g/mol. The molecule has 0 spiro atoms. The highest BCUT2D eigenvalue weighted by atomic mass is 35.5. The second-order valence-corrected chi connectivity index (χ2v) is 10.4. The minimum atomic E-state index is -1.12. The molecule has 0 aliphatic heterocycles. The predicted octanol–water partition coefficient (Wildman–Crippen LogP) is 6.16. The third kappa shape index (κ3) is 3.64. The van der Waals surface area contributed by atoms with E-state index in [1.54, 1.807) is 19.2 Å². The van der Waals surface area contributed by atoms with Gasteiger partial charge in [0.05, 0.1) is 12.5 Å². The third-order valence-corrected chi connectivity index (χ3v) is 8.30. The number of phenols is 1. The first-order valence-corrected chi connectivity index (χ1v) is 12.2. The molecule has 2 atom stereocenters. The Balaban J connectivity index is 1.83. The van der Waals surface area contributed by atoms with Gasteiger partial charge in [-0.2, -0.15) is 0 Å². The highest BCUT2D eigenvalue weighted by Gasteiger charge is 2.87. The van der Waals surface area contributed by atoms with Crippen molar-refractivity contribution >= 4 is 23.2 Å². The highest BCUT2D eigenvalue weighted by molar-refractivity contribution is 6.54. The van der Waals surface area contributed by atoms with E-state index < -0.39 is 15.2 Å². The van der Waals surface area contributed by atoms with Gasteiger partial charge in [0, 0.05) is 12.0 Å². The van der Waals surface area contributed by atoms with Crippen molar-refractivity contribution in [3.05, 3.63) is 89.5 Å². The maximum absolute atomic E-state index is 9.96. The zero-order valence-electron chi connectivity index (χ0n) is 20.0. The van der Waals surface area contributed by atoms with Crippen LogP contribution in [0.3, 0.4) is 0 Å². The van der Waals surface area contributed by atoms with Crippen molar-refractivity contribution in [2.24, 2.45) is 0 Å². The van der Waals surface area contributed by atoms with E-state index in [1.807, 2.05) is 62.6 Å². The lowest BCUT2D eigenvalue weighted by Crippen LogP contribution is -2.23. The summed E-state index contributed by atoms with van der Waals surface area (Å²) in [7, 11) is 5.69. The Morgan fingerprint density at radius 3 is 1.79 bits per heavy atom. The maximum Gasteiger partial charge on any atom is 0.143 e. The SMILES string of the molecule is CCC1(c2ccc(OC)cc2)C(Cl)(Cl)C1(c1ccc(O)cc1)c1ccc(OCCN(C)C)cc1. The molecule has 2 unspecified atom stereocenters. The van der Waals surface area contributed by atoms with Gasteiger partial charge in [-0.15, -0.1) is 0 Å². The molecular formula is C28H31Cl2NO3. The standard InChI is InChI=1S/C28H31Cl2NO3/c1-5-26(20-8-14-24(33-4)15-9-20)27(28(26,29)30,21-6-12-23(32)13-7-21)22-10-16-25(17-11-22)34-19-18-31(2)3/h6-17,32H,5,18-19H2,1-4H3. The Morgan fingerprint density at radius 2 is 1.29 bits per heavy atom. The summed E-state index contributed by atoms with van der Waals surface area (Å²) < 4.78 is 10.2. The number of benzene rings is 3. The lowest BCUT2D eigenvalue weighted by atomic mass is 9.76. The van der Waals surface area contributed by atoms with E-state index in [9.17, 15) is 5.11 Å². The fourth-order valence-corrected chi connectivity index (χ4v) is 6.82. The quantitative estimate of drug-likeness (QED) is 0.357. The zero-order valence-corrected chi connectivity index (χ0v) is 21.5. The molecule has 0 amide bonds. The van der Waals surface area contributed by atoms with E-state index in [0.29, 0.717) is 13.0 Å². The number of alkyl halides is 2. The summed E-state index contributed by atoms with van der Waals surface area (Å²) in [6.07, 6.45) is 0.717. The zero-order chi connectivity index (χ0) is 24.6. The number of likely N-dealkylation sites (N-methyl/N-ethyl adjacent to an activating group) is 1. The number of rotatable bonds is 9. The first-order chi connectivity index (χ1) is 16.2. The largest absolute Gasteiger partial charge is 0.508 e. The van der Waals surface area contributed by atoms with Gasteiger partial charge in [-0.3, -0.25) is 0 Å². The first-order valence-electron chi connectivity index (χ1n) is 11.4. The van der Waals surface area contributed by atoms with E-state index in [-0.39, 0.29) is 5.75 Å². The Bertz CT molecular complexity index is 1110. The smallest absolute Gasteiger partial charge is 0.143 e. The number of methoxy groups -OCH3 is 1. The van der Waals surface area contributed by atoms with E-state index >= 15 is 0 Å². The first kappa shape index (κ1) is 24.7. The molecule has 3 aromatic carbocycles. The van der Waals surface area contributed by atoms with Crippen LogP contribution in [0, 0.1) is 0 Å². The third-order valence-electron chi connectivity index (χ3n) is 7.09.